The highest BCUT2D eigenvalue weighted by Gasteiger charge is 2.36. The number of fused-ring (bicyclic) bond motifs is 1. The van der Waals surface area contributed by atoms with Crippen LogP contribution in [0.5, 0.6) is 11.5 Å². The number of nitriles is 1. The molecule has 1 aromatic carbocycles. The number of halogens is 4. The molecule has 0 unspecified atom stereocenters. The van der Waals surface area contributed by atoms with Crippen molar-refractivity contribution in [3.63, 3.8) is 0 Å². The molecule has 15 heteroatoms. The van der Waals surface area contributed by atoms with Gasteiger partial charge in [-0.05, 0) is 42.7 Å². The number of nitrogens with zero attached hydrogens (tertiary/aromatic N) is 5. The van der Waals surface area contributed by atoms with Crippen LogP contribution in [0.3, 0.4) is 0 Å². The number of alkyl halides is 3. The highest BCUT2D eigenvalue weighted by atomic mass is 35.5. The van der Waals surface area contributed by atoms with Crippen molar-refractivity contribution >= 4 is 36.5 Å². The first-order valence-electron chi connectivity index (χ1n) is 10.2. The summed E-state index contributed by atoms with van der Waals surface area (Å²) in [7, 11) is -3.84. The van der Waals surface area contributed by atoms with Gasteiger partial charge >= 0.3 is 6.18 Å². The lowest BCUT2D eigenvalue weighted by Crippen LogP contribution is -2.25. The monoisotopic (exact) mass is 553 g/mol. The van der Waals surface area contributed by atoms with E-state index in [9.17, 15) is 27.8 Å². The van der Waals surface area contributed by atoms with E-state index in [1.807, 2.05) is 0 Å². The maximum absolute atomic E-state index is 13.7. The highest BCUT2D eigenvalue weighted by Crippen LogP contribution is 2.37. The molecule has 0 fully saturated rings. The Bertz CT molecular complexity index is 1640. The SMILES string of the molecule is C=P(O)(O)OCn1nc(Cn2ccc(C(F)(F)F)c(Oc3cc(Cl)cc(C#N)c3)c2=O)c2cccnc21. The van der Waals surface area contributed by atoms with Crippen molar-refractivity contribution in [1.29, 1.82) is 5.26 Å². The molecule has 0 saturated carbocycles. The summed E-state index contributed by atoms with van der Waals surface area (Å²) in [5, 5.41) is 13.9. The van der Waals surface area contributed by atoms with Crippen molar-refractivity contribution in [3.8, 4) is 17.6 Å². The molecule has 0 atom stereocenters. The molecule has 0 amide bonds. The summed E-state index contributed by atoms with van der Waals surface area (Å²) >= 11 is 5.92. The molecule has 0 bridgehead atoms. The minimum atomic E-state index is -4.92. The second-order valence-electron chi connectivity index (χ2n) is 7.62. The van der Waals surface area contributed by atoms with Crippen LogP contribution in [-0.2, 0) is 24.0 Å². The average molecular weight is 554 g/mol. The van der Waals surface area contributed by atoms with E-state index in [4.69, 9.17) is 26.1 Å². The molecule has 3 aromatic heterocycles. The Morgan fingerprint density at radius 2 is 2.00 bits per heavy atom. The molecule has 4 rings (SSSR count). The van der Waals surface area contributed by atoms with Crippen LogP contribution in [0.25, 0.3) is 11.0 Å². The number of hydrogen-bond acceptors (Lipinski definition) is 8. The van der Waals surface area contributed by atoms with E-state index in [-0.39, 0.29) is 34.2 Å². The predicted octanol–water partition coefficient (Wildman–Crippen LogP) is 4.13. The topological polar surface area (TPSA) is 135 Å². The zero-order valence-electron chi connectivity index (χ0n) is 18.6. The van der Waals surface area contributed by atoms with Crippen LogP contribution in [0, 0.1) is 11.3 Å². The van der Waals surface area contributed by atoms with E-state index in [1.54, 1.807) is 18.2 Å². The highest BCUT2D eigenvalue weighted by molar-refractivity contribution is 7.57. The van der Waals surface area contributed by atoms with Crippen LogP contribution in [0.1, 0.15) is 16.8 Å². The number of aromatic nitrogens is 4. The van der Waals surface area contributed by atoms with Crippen LogP contribution in [0.15, 0.2) is 53.6 Å². The summed E-state index contributed by atoms with van der Waals surface area (Å²) in [5.74, 6) is -1.24. The zero-order chi connectivity index (χ0) is 27.0. The van der Waals surface area contributed by atoms with Crippen molar-refractivity contribution in [2.24, 2.45) is 0 Å². The molecule has 192 valence electrons. The predicted molar refractivity (Wildman–Crippen MR) is 128 cm³/mol. The molecule has 0 aliphatic carbocycles. The fourth-order valence-electron chi connectivity index (χ4n) is 3.39. The average Bonchev–Trinajstić information content (AvgIpc) is 3.16. The minimum Gasteiger partial charge on any atom is -0.451 e. The third-order valence-corrected chi connectivity index (χ3v) is 5.68. The van der Waals surface area contributed by atoms with Crippen LogP contribution in [-0.4, -0.2) is 35.4 Å². The van der Waals surface area contributed by atoms with E-state index in [1.165, 1.54) is 23.0 Å². The lowest BCUT2D eigenvalue weighted by atomic mass is 10.2. The molecule has 0 radical (unpaired) electrons. The quantitative estimate of drug-likeness (QED) is 0.326. The van der Waals surface area contributed by atoms with Gasteiger partial charge in [0, 0.05) is 22.8 Å². The molecule has 3 heterocycles. The Morgan fingerprint density at radius 3 is 2.68 bits per heavy atom. The van der Waals surface area contributed by atoms with Gasteiger partial charge in [-0.3, -0.25) is 9.32 Å². The van der Waals surface area contributed by atoms with Gasteiger partial charge in [-0.25, -0.2) is 9.67 Å². The smallest absolute Gasteiger partial charge is 0.420 e. The summed E-state index contributed by atoms with van der Waals surface area (Å²) in [6, 6.07) is 9.31. The maximum atomic E-state index is 13.7. The van der Waals surface area contributed by atoms with E-state index in [0.717, 1.165) is 16.8 Å². The number of benzene rings is 1. The summed E-state index contributed by atoms with van der Waals surface area (Å²) in [4.78, 5) is 36.2. The Hall–Kier alpha value is -3.66. The maximum Gasteiger partial charge on any atom is 0.420 e. The normalized spacial score (nSPS) is 12.0. The molecule has 0 aliphatic heterocycles. The standard InChI is InChI=1S/C22H16ClF3N5O5P/c1-37(33,34)35-12-31-20-16(3-2-5-28-20)18(29-31)11-30-6-4-17(22(24,25)26)19(21(30)32)36-15-8-13(10-27)7-14(23)9-15/h2-9,33-34H,1,11-12H2. The van der Waals surface area contributed by atoms with Gasteiger partial charge in [-0.15, -0.1) is 0 Å². The zero-order valence-corrected chi connectivity index (χ0v) is 20.2. The van der Waals surface area contributed by atoms with Gasteiger partial charge in [0.15, 0.2) is 5.65 Å². The largest absolute Gasteiger partial charge is 0.451 e. The molecule has 37 heavy (non-hydrogen) atoms. The van der Waals surface area contributed by atoms with E-state index in [2.05, 4.69) is 16.4 Å². The molecule has 10 nitrogen and oxygen atoms in total. The van der Waals surface area contributed by atoms with Gasteiger partial charge in [0.2, 0.25) is 13.3 Å². The first-order chi connectivity index (χ1) is 17.4. The number of rotatable bonds is 7. The number of hydrogen-bond donors (Lipinski definition) is 2. The van der Waals surface area contributed by atoms with Crippen molar-refractivity contribution < 1.29 is 32.2 Å². The fraction of sp³-hybridized carbons (Fsp3) is 0.136. The van der Waals surface area contributed by atoms with Gasteiger partial charge in [-0.1, -0.05) is 11.6 Å². The Labute approximate surface area is 211 Å². The van der Waals surface area contributed by atoms with E-state index >= 15 is 0 Å². The lowest BCUT2D eigenvalue weighted by Gasteiger charge is -2.15. The minimum absolute atomic E-state index is 0.0264. The number of pyridine rings is 2. The summed E-state index contributed by atoms with van der Waals surface area (Å²) in [5.41, 5.74) is -1.91. The van der Waals surface area contributed by atoms with Crippen LogP contribution in [0.2, 0.25) is 5.02 Å². The van der Waals surface area contributed by atoms with Crippen molar-refractivity contribution in [2.75, 3.05) is 0 Å². The first kappa shape index (κ1) is 26.4. The second-order valence-corrected chi connectivity index (χ2v) is 9.65. The Kier molecular flexibility index (Phi) is 7.14. The van der Waals surface area contributed by atoms with Gasteiger partial charge in [0.1, 0.15) is 18.0 Å². The lowest BCUT2D eigenvalue weighted by molar-refractivity contribution is -0.138. The Morgan fingerprint density at radius 1 is 1.24 bits per heavy atom. The van der Waals surface area contributed by atoms with Crippen LogP contribution in [0.4, 0.5) is 13.2 Å². The molecule has 0 saturated heterocycles. The molecular formula is C22H16ClF3N5O5P. The number of ether oxygens (including phenoxy) is 1. The first-order valence-corrected chi connectivity index (χ1v) is 12.4. The second kappa shape index (κ2) is 10.0. The van der Waals surface area contributed by atoms with Gasteiger partial charge in [-0.2, -0.15) is 23.5 Å². The van der Waals surface area contributed by atoms with Crippen molar-refractivity contribution in [2.45, 2.75) is 19.5 Å². The Balaban J connectivity index is 1.78. The fourth-order valence-corrected chi connectivity index (χ4v) is 3.91. The molecule has 2 N–H and O–H groups in total. The molecular weight excluding hydrogens is 538 g/mol. The summed E-state index contributed by atoms with van der Waals surface area (Å²) in [6.07, 6.45) is 0.579. The summed E-state index contributed by atoms with van der Waals surface area (Å²) < 4.78 is 53.5. The van der Waals surface area contributed by atoms with E-state index < -0.39 is 37.3 Å². The van der Waals surface area contributed by atoms with Crippen molar-refractivity contribution in [3.05, 3.63) is 81.0 Å². The van der Waals surface area contributed by atoms with Gasteiger partial charge in [0.25, 0.3) is 5.56 Å². The van der Waals surface area contributed by atoms with Crippen LogP contribution < -0.4 is 10.3 Å². The summed E-state index contributed by atoms with van der Waals surface area (Å²) in [6.45, 7) is -0.714. The van der Waals surface area contributed by atoms with E-state index in [0.29, 0.717) is 11.5 Å². The third-order valence-electron chi connectivity index (χ3n) is 4.94. The molecule has 0 aliphatic rings. The van der Waals surface area contributed by atoms with Crippen LogP contribution >= 0.6 is 19.2 Å². The van der Waals surface area contributed by atoms with Gasteiger partial charge in [0.05, 0.1) is 23.9 Å². The van der Waals surface area contributed by atoms with Crippen molar-refractivity contribution in [1.82, 2.24) is 19.3 Å². The molecule has 4 aromatic rings. The third kappa shape index (κ3) is 6.02. The molecule has 0 spiro atoms. The van der Waals surface area contributed by atoms with Gasteiger partial charge < -0.3 is 19.1 Å².